The lowest BCUT2D eigenvalue weighted by molar-refractivity contribution is -0.0506. The average molecular weight is 218 g/mol. The minimum atomic E-state index is -0.244. The summed E-state index contributed by atoms with van der Waals surface area (Å²) in [7, 11) is 0. The van der Waals surface area contributed by atoms with Gasteiger partial charge in [0.1, 0.15) is 0 Å². The second-order valence-electron chi connectivity index (χ2n) is 4.92. The van der Waals surface area contributed by atoms with E-state index in [1.165, 1.54) is 5.06 Å². The molecule has 0 aliphatic carbocycles. The highest BCUT2D eigenvalue weighted by Gasteiger charge is 2.39. The molecular weight excluding hydrogens is 200 g/mol. The molecule has 0 fully saturated rings. The van der Waals surface area contributed by atoms with Gasteiger partial charge in [-0.2, -0.15) is 0 Å². The van der Waals surface area contributed by atoms with Gasteiger partial charge in [0, 0.05) is 5.56 Å². The maximum atomic E-state index is 10.1. The van der Waals surface area contributed by atoms with Crippen molar-refractivity contribution in [3.05, 3.63) is 35.4 Å². The Morgan fingerprint density at radius 1 is 1.31 bits per heavy atom. The van der Waals surface area contributed by atoms with Gasteiger partial charge in [-0.05, 0) is 33.3 Å². The van der Waals surface area contributed by atoms with Crippen molar-refractivity contribution in [2.45, 2.75) is 39.3 Å². The standard InChI is InChI=1S/C13H18N2O/c1-9-7-5-6-8-11(9)12-14-13(3,4)10(2)15(12)16/h5-8,10,16H,1-4H3. The third-order valence-electron chi connectivity index (χ3n) is 3.39. The van der Waals surface area contributed by atoms with E-state index < -0.39 is 0 Å². The molecule has 0 saturated heterocycles. The number of rotatable bonds is 1. The second-order valence-corrected chi connectivity index (χ2v) is 4.92. The number of nitrogens with zero attached hydrogens (tertiary/aromatic N) is 2. The fourth-order valence-corrected chi connectivity index (χ4v) is 1.91. The number of amidine groups is 1. The molecule has 0 radical (unpaired) electrons. The van der Waals surface area contributed by atoms with Crippen molar-refractivity contribution in [3.8, 4) is 0 Å². The van der Waals surface area contributed by atoms with E-state index in [0.717, 1.165) is 11.1 Å². The molecule has 3 heteroatoms. The first-order valence-electron chi connectivity index (χ1n) is 5.57. The Morgan fingerprint density at radius 3 is 2.44 bits per heavy atom. The highest BCUT2D eigenvalue weighted by Crippen LogP contribution is 2.29. The molecular formula is C13H18N2O. The van der Waals surface area contributed by atoms with Gasteiger partial charge in [0.05, 0.1) is 11.6 Å². The summed E-state index contributed by atoms with van der Waals surface area (Å²) >= 11 is 0. The van der Waals surface area contributed by atoms with Gasteiger partial charge in [-0.1, -0.05) is 24.3 Å². The smallest absolute Gasteiger partial charge is 0.156 e. The molecule has 0 amide bonds. The molecule has 1 N–H and O–H groups in total. The van der Waals surface area contributed by atoms with Crippen LogP contribution in [0.5, 0.6) is 0 Å². The summed E-state index contributed by atoms with van der Waals surface area (Å²) in [6.45, 7) is 8.08. The monoisotopic (exact) mass is 218 g/mol. The molecule has 1 aliphatic heterocycles. The zero-order chi connectivity index (χ0) is 11.9. The highest BCUT2D eigenvalue weighted by atomic mass is 16.5. The third kappa shape index (κ3) is 1.61. The van der Waals surface area contributed by atoms with E-state index in [4.69, 9.17) is 0 Å². The van der Waals surface area contributed by atoms with Crippen LogP contribution in [0.25, 0.3) is 0 Å². The maximum Gasteiger partial charge on any atom is 0.156 e. The quantitative estimate of drug-likeness (QED) is 0.786. The molecule has 1 aromatic rings. The number of hydrogen-bond acceptors (Lipinski definition) is 3. The van der Waals surface area contributed by atoms with E-state index in [2.05, 4.69) is 4.99 Å². The van der Waals surface area contributed by atoms with E-state index >= 15 is 0 Å². The Bertz CT molecular complexity index is 437. The lowest BCUT2D eigenvalue weighted by Crippen LogP contribution is -2.39. The Kier molecular flexibility index (Phi) is 2.50. The Labute approximate surface area is 96.4 Å². The predicted molar refractivity (Wildman–Crippen MR) is 64.9 cm³/mol. The molecule has 86 valence electrons. The van der Waals surface area contributed by atoms with Crippen molar-refractivity contribution in [1.82, 2.24) is 5.06 Å². The first-order chi connectivity index (χ1) is 7.43. The van der Waals surface area contributed by atoms with Crippen LogP contribution in [0.3, 0.4) is 0 Å². The second kappa shape index (κ2) is 3.59. The summed E-state index contributed by atoms with van der Waals surface area (Å²) in [5, 5.41) is 11.4. The van der Waals surface area contributed by atoms with Gasteiger partial charge in [-0.3, -0.25) is 10.2 Å². The van der Waals surface area contributed by atoms with Crippen LogP contribution < -0.4 is 0 Å². The summed E-state index contributed by atoms with van der Waals surface area (Å²) in [5.74, 6) is 0.676. The molecule has 2 rings (SSSR count). The van der Waals surface area contributed by atoms with Crippen molar-refractivity contribution in [2.24, 2.45) is 4.99 Å². The van der Waals surface area contributed by atoms with E-state index in [0.29, 0.717) is 5.84 Å². The average Bonchev–Trinajstić information content (AvgIpc) is 2.43. The lowest BCUT2D eigenvalue weighted by atomic mass is 9.99. The van der Waals surface area contributed by atoms with Crippen LogP contribution in [0.4, 0.5) is 0 Å². The fraction of sp³-hybridized carbons (Fsp3) is 0.462. The van der Waals surface area contributed by atoms with Crippen LogP contribution in [0, 0.1) is 6.92 Å². The van der Waals surface area contributed by atoms with Crippen LogP contribution >= 0.6 is 0 Å². The van der Waals surface area contributed by atoms with E-state index in [9.17, 15) is 5.21 Å². The fourth-order valence-electron chi connectivity index (χ4n) is 1.91. The minimum absolute atomic E-state index is 0.00195. The van der Waals surface area contributed by atoms with Crippen LogP contribution in [-0.4, -0.2) is 27.7 Å². The first-order valence-corrected chi connectivity index (χ1v) is 5.57. The van der Waals surface area contributed by atoms with Crippen molar-refractivity contribution in [3.63, 3.8) is 0 Å². The van der Waals surface area contributed by atoms with E-state index in [1.807, 2.05) is 52.0 Å². The first kappa shape index (κ1) is 11.1. The Balaban J connectivity index is 2.47. The van der Waals surface area contributed by atoms with Crippen LogP contribution in [0.2, 0.25) is 0 Å². The van der Waals surface area contributed by atoms with Crippen molar-refractivity contribution in [1.29, 1.82) is 0 Å². The topological polar surface area (TPSA) is 35.8 Å². The minimum Gasteiger partial charge on any atom is -0.287 e. The Hall–Kier alpha value is -1.35. The Morgan fingerprint density at radius 2 is 1.94 bits per heavy atom. The molecule has 0 spiro atoms. The highest BCUT2D eigenvalue weighted by molar-refractivity contribution is 6.01. The largest absolute Gasteiger partial charge is 0.287 e. The third-order valence-corrected chi connectivity index (χ3v) is 3.39. The molecule has 0 aromatic heterocycles. The SMILES string of the molecule is Cc1ccccc1C1=NC(C)(C)C(C)N1O. The van der Waals surface area contributed by atoms with Crippen LogP contribution in [-0.2, 0) is 0 Å². The zero-order valence-corrected chi connectivity index (χ0v) is 10.2. The number of aryl methyl sites for hydroxylation is 1. The predicted octanol–water partition coefficient (Wildman–Crippen LogP) is 2.61. The van der Waals surface area contributed by atoms with Gasteiger partial charge < -0.3 is 0 Å². The normalized spacial score (nSPS) is 23.4. The van der Waals surface area contributed by atoms with Crippen LogP contribution in [0.15, 0.2) is 29.3 Å². The zero-order valence-electron chi connectivity index (χ0n) is 10.2. The summed E-state index contributed by atoms with van der Waals surface area (Å²) in [6, 6.07) is 7.98. The summed E-state index contributed by atoms with van der Waals surface area (Å²) < 4.78 is 0. The molecule has 16 heavy (non-hydrogen) atoms. The lowest BCUT2D eigenvalue weighted by Gasteiger charge is -2.25. The van der Waals surface area contributed by atoms with E-state index in [1.54, 1.807) is 0 Å². The number of hydrogen-bond donors (Lipinski definition) is 1. The maximum absolute atomic E-state index is 10.1. The van der Waals surface area contributed by atoms with Gasteiger partial charge in [-0.25, -0.2) is 5.06 Å². The van der Waals surface area contributed by atoms with Gasteiger partial charge in [-0.15, -0.1) is 0 Å². The van der Waals surface area contributed by atoms with Gasteiger partial charge in [0.25, 0.3) is 0 Å². The summed E-state index contributed by atoms with van der Waals surface area (Å²) in [4.78, 5) is 4.61. The molecule has 0 saturated carbocycles. The number of benzene rings is 1. The summed E-state index contributed by atoms with van der Waals surface area (Å²) in [5.41, 5.74) is 1.89. The van der Waals surface area contributed by atoms with Crippen molar-refractivity contribution >= 4 is 5.84 Å². The van der Waals surface area contributed by atoms with Gasteiger partial charge >= 0.3 is 0 Å². The van der Waals surface area contributed by atoms with Gasteiger partial charge in [0.15, 0.2) is 5.84 Å². The van der Waals surface area contributed by atoms with Gasteiger partial charge in [0.2, 0.25) is 0 Å². The number of hydroxylamine groups is 2. The molecule has 1 unspecified atom stereocenters. The summed E-state index contributed by atoms with van der Waals surface area (Å²) in [6.07, 6.45) is 0. The molecule has 1 heterocycles. The van der Waals surface area contributed by atoms with E-state index in [-0.39, 0.29) is 11.6 Å². The molecule has 1 atom stereocenters. The molecule has 1 aliphatic rings. The van der Waals surface area contributed by atoms with Crippen LogP contribution in [0.1, 0.15) is 31.9 Å². The molecule has 1 aromatic carbocycles. The van der Waals surface area contributed by atoms with Crippen molar-refractivity contribution in [2.75, 3.05) is 0 Å². The number of aliphatic imine (C=N–C) groups is 1. The molecule has 3 nitrogen and oxygen atoms in total. The molecule has 0 bridgehead atoms. The van der Waals surface area contributed by atoms with Crippen molar-refractivity contribution < 1.29 is 5.21 Å².